The van der Waals surface area contributed by atoms with Crippen molar-refractivity contribution >= 4 is 21.6 Å². The van der Waals surface area contributed by atoms with Gasteiger partial charge < -0.3 is 15.2 Å². The highest BCUT2D eigenvalue weighted by molar-refractivity contribution is 9.10. The van der Waals surface area contributed by atoms with Crippen LogP contribution < -0.4 is 5.73 Å². The lowest BCUT2D eigenvalue weighted by Crippen LogP contribution is -2.38. The van der Waals surface area contributed by atoms with Crippen LogP contribution in [0.4, 0.5) is 5.69 Å². The molecule has 5 heteroatoms. The van der Waals surface area contributed by atoms with E-state index in [9.17, 15) is 0 Å². The molecule has 0 saturated heterocycles. The van der Waals surface area contributed by atoms with Gasteiger partial charge in [-0.25, -0.2) is 0 Å². The van der Waals surface area contributed by atoms with Crippen molar-refractivity contribution < 1.29 is 9.47 Å². The van der Waals surface area contributed by atoms with Crippen LogP contribution in [0.1, 0.15) is 12.5 Å². The molecular formula is C14H23BrN2O2. The molecule has 4 nitrogen and oxygen atoms in total. The SMILES string of the molecule is COCCN(Cc1ccc(Br)cc1N)C(C)COC. The first-order chi connectivity index (χ1) is 9.08. The molecule has 0 spiro atoms. The quantitative estimate of drug-likeness (QED) is 0.744. The minimum Gasteiger partial charge on any atom is -0.398 e. The van der Waals surface area contributed by atoms with Crippen LogP contribution in [0.3, 0.4) is 0 Å². The number of hydrogen-bond acceptors (Lipinski definition) is 4. The van der Waals surface area contributed by atoms with Crippen molar-refractivity contribution in [2.24, 2.45) is 0 Å². The lowest BCUT2D eigenvalue weighted by atomic mass is 10.1. The molecule has 0 heterocycles. The minimum absolute atomic E-state index is 0.322. The maximum Gasteiger partial charge on any atom is 0.0615 e. The lowest BCUT2D eigenvalue weighted by molar-refractivity contribution is 0.0706. The van der Waals surface area contributed by atoms with Gasteiger partial charge in [-0.05, 0) is 24.6 Å². The number of benzene rings is 1. The van der Waals surface area contributed by atoms with E-state index in [1.807, 2.05) is 12.1 Å². The molecule has 0 radical (unpaired) electrons. The largest absolute Gasteiger partial charge is 0.398 e. The number of nitrogens with two attached hydrogens (primary N) is 1. The summed E-state index contributed by atoms with van der Waals surface area (Å²) in [4.78, 5) is 2.31. The van der Waals surface area contributed by atoms with E-state index < -0.39 is 0 Å². The Hall–Kier alpha value is -0.620. The molecule has 108 valence electrons. The molecule has 1 rings (SSSR count). The predicted molar refractivity (Wildman–Crippen MR) is 82.2 cm³/mol. The van der Waals surface area contributed by atoms with E-state index >= 15 is 0 Å². The van der Waals surface area contributed by atoms with Gasteiger partial charge in [-0.1, -0.05) is 22.0 Å². The van der Waals surface area contributed by atoms with Crippen molar-refractivity contribution in [1.82, 2.24) is 4.90 Å². The number of ether oxygens (including phenoxy) is 2. The first-order valence-electron chi connectivity index (χ1n) is 6.34. The fourth-order valence-electron chi connectivity index (χ4n) is 1.94. The average Bonchev–Trinajstić information content (AvgIpc) is 2.37. The molecule has 0 saturated carbocycles. The van der Waals surface area contributed by atoms with Crippen LogP contribution in [0.5, 0.6) is 0 Å². The first kappa shape index (κ1) is 16.4. The zero-order chi connectivity index (χ0) is 14.3. The Labute approximate surface area is 124 Å². The maximum absolute atomic E-state index is 6.05. The van der Waals surface area contributed by atoms with Crippen molar-refractivity contribution in [2.45, 2.75) is 19.5 Å². The Morgan fingerprint density at radius 3 is 2.63 bits per heavy atom. The lowest BCUT2D eigenvalue weighted by Gasteiger charge is -2.29. The van der Waals surface area contributed by atoms with Crippen molar-refractivity contribution in [1.29, 1.82) is 0 Å². The summed E-state index contributed by atoms with van der Waals surface area (Å²) in [7, 11) is 3.44. The number of nitrogens with zero attached hydrogens (tertiary/aromatic N) is 1. The minimum atomic E-state index is 0.322. The van der Waals surface area contributed by atoms with Crippen molar-refractivity contribution in [3.05, 3.63) is 28.2 Å². The standard InChI is InChI=1S/C14H23BrN2O2/c1-11(10-19-3)17(6-7-18-2)9-12-4-5-13(15)8-14(12)16/h4-5,8,11H,6-7,9-10,16H2,1-3H3. The van der Waals surface area contributed by atoms with Gasteiger partial charge in [0.15, 0.2) is 0 Å². The summed E-state index contributed by atoms with van der Waals surface area (Å²) in [6.45, 7) is 5.20. The summed E-state index contributed by atoms with van der Waals surface area (Å²) >= 11 is 3.42. The maximum atomic E-state index is 6.05. The van der Waals surface area contributed by atoms with E-state index in [-0.39, 0.29) is 0 Å². The van der Waals surface area contributed by atoms with E-state index in [2.05, 4.69) is 33.8 Å². The second kappa shape index (κ2) is 8.53. The Morgan fingerprint density at radius 2 is 2.05 bits per heavy atom. The molecule has 0 amide bonds. The molecule has 1 atom stereocenters. The zero-order valence-corrected chi connectivity index (χ0v) is 13.4. The van der Waals surface area contributed by atoms with Gasteiger partial charge >= 0.3 is 0 Å². The Kier molecular flexibility index (Phi) is 7.38. The molecule has 1 aromatic carbocycles. The van der Waals surface area contributed by atoms with Crippen LogP contribution in [0.2, 0.25) is 0 Å². The van der Waals surface area contributed by atoms with E-state index in [1.165, 1.54) is 0 Å². The van der Waals surface area contributed by atoms with Gasteiger partial charge in [0.1, 0.15) is 0 Å². The van der Waals surface area contributed by atoms with E-state index in [1.54, 1.807) is 14.2 Å². The molecule has 0 aliphatic carbocycles. The summed E-state index contributed by atoms with van der Waals surface area (Å²) in [5.74, 6) is 0. The van der Waals surface area contributed by atoms with Gasteiger partial charge in [0, 0.05) is 43.5 Å². The number of hydrogen-bond donors (Lipinski definition) is 1. The molecule has 2 N–H and O–H groups in total. The van der Waals surface area contributed by atoms with E-state index in [0.717, 1.165) is 28.8 Å². The van der Waals surface area contributed by atoms with Gasteiger partial charge in [0.25, 0.3) is 0 Å². The molecular weight excluding hydrogens is 308 g/mol. The van der Waals surface area contributed by atoms with Gasteiger partial charge in [-0.3, -0.25) is 4.90 Å². The molecule has 19 heavy (non-hydrogen) atoms. The van der Waals surface area contributed by atoms with Crippen LogP contribution >= 0.6 is 15.9 Å². The number of rotatable bonds is 8. The topological polar surface area (TPSA) is 47.7 Å². The van der Waals surface area contributed by atoms with Crippen molar-refractivity contribution in [3.8, 4) is 0 Å². The molecule has 0 aliphatic rings. The van der Waals surface area contributed by atoms with Gasteiger partial charge in [-0.15, -0.1) is 0 Å². The zero-order valence-electron chi connectivity index (χ0n) is 11.9. The first-order valence-corrected chi connectivity index (χ1v) is 7.13. The van der Waals surface area contributed by atoms with Crippen LogP contribution in [0, 0.1) is 0 Å². The monoisotopic (exact) mass is 330 g/mol. The van der Waals surface area contributed by atoms with Crippen LogP contribution in [-0.4, -0.2) is 44.9 Å². The van der Waals surface area contributed by atoms with E-state index in [0.29, 0.717) is 19.3 Å². The fraction of sp³-hybridized carbons (Fsp3) is 0.571. The smallest absolute Gasteiger partial charge is 0.0615 e. The number of nitrogen functional groups attached to an aromatic ring is 1. The van der Waals surface area contributed by atoms with Gasteiger partial charge in [-0.2, -0.15) is 0 Å². The second-order valence-electron chi connectivity index (χ2n) is 4.61. The van der Waals surface area contributed by atoms with Crippen molar-refractivity contribution in [2.75, 3.05) is 39.7 Å². The molecule has 0 fully saturated rings. The third-order valence-electron chi connectivity index (χ3n) is 3.10. The number of halogens is 1. The van der Waals surface area contributed by atoms with E-state index in [4.69, 9.17) is 15.2 Å². The molecule has 1 aromatic rings. The Morgan fingerprint density at radius 1 is 1.32 bits per heavy atom. The van der Waals surface area contributed by atoms with Gasteiger partial charge in [0.2, 0.25) is 0 Å². The second-order valence-corrected chi connectivity index (χ2v) is 5.53. The van der Waals surface area contributed by atoms with Gasteiger partial charge in [0.05, 0.1) is 13.2 Å². The summed E-state index contributed by atoms with van der Waals surface area (Å²) in [6.07, 6.45) is 0. The third kappa shape index (κ3) is 5.48. The summed E-state index contributed by atoms with van der Waals surface area (Å²) in [6, 6.07) is 6.33. The summed E-state index contributed by atoms with van der Waals surface area (Å²) in [5.41, 5.74) is 7.99. The summed E-state index contributed by atoms with van der Waals surface area (Å²) in [5, 5.41) is 0. The summed E-state index contributed by atoms with van der Waals surface area (Å²) < 4.78 is 11.4. The average molecular weight is 331 g/mol. The van der Waals surface area contributed by atoms with Crippen molar-refractivity contribution in [3.63, 3.8) is 0 Å². The van der Waals surface area contributed by atoms with Crippen LogP contribution in [0.25, 0.3) is 0 Å². The molecule has 0 aromatic heterocycles. The highest BCUT2D eigenvalue weighted by Gasteiger charge is 2.15. The number of anilines is 1. The molecule has 0 aliphatic heterocycles. The molecule has 0 bridgehead atoms. The highest BCUT2D eigenvalue weighted by Crippen LogP contribution is 2.20. The predicted octanol–water partition coefficient (Wildman–Crippen LogP) is 2.51. The Balaban J connectivity index is 2.74. The fourth-order valence-corrected chi connectivity index (χ4v) is 2.32. The normalized spacial score (nSPS) is 12.9. The Bertz CT molecular complexity index is 388. The highest BCUT2D eigenvalue weighted by atomic mass is 79.9. The third-order valence-corrected chi connectivity index (χ3v) is 3.59. The van der Waals surface area contributed by atoms with Crippen LogP contribution in [-0.2, 0) is 16.0 Å². The number of methoxy groups -OCH3 is 2. The van der Waals surface area contributed by atoms with Crippen LogP contribution in [0.15, 0.2) is 22.7 Å². The molecule has 1 unspecified atom stereocenters.